The lowest BCUT2D eigenvalue weighted by molar-refractivity contribution is 0.151. The quantitative estimate of drug-likeness (QED) is 0.421. The Morgan fingerprint density at radius 2 is 2.10 bits per heavy atom. The first-order chi connectivity index (χ1) is 4.66. The maximum Gasteiger partial charge on any atom is 0.116 e. The SMILES string of the molecule is C=CC(O)C1OC1C(C)O. The Hall–Kier alpha value is -0.380. The van der Waals surface area contributed by atoms with Crippen LogP contribution in [-0.4, -0.2) is 34.6 Å². The van der Waals surface area contributed by atoms with Crippen LogP contribution in [0.15, 0.2) is 12.7 Å². The normalized spacial score (nSPS) is 36.7. The minimum atomic E-state index is -0.639. The zero-order valence-electron chi connectivity index (χ0n) is 5.90. The molecule has 0 aromatic rings. The highest BCUT2D eigenvalue weighted by molar-refractivity contribution is 5.00. The molecule has 1 fully saturated rings. The van der Waals surface area contributed by atoms with Crippen LogP contribution in [0, 0.1) is 0 Å². The zero-order valence-corrected chi connectivity index (χ0v) is 5.90. The minimum absolute atomic E-state index is 0.201. The van der Waals surface area contributed by atoms with Gasteiger partial charge in [0, 0.05) is 0 Å². The van der Waals surface area contributed by atoms with Crippen LogP contribution < -0.4 is 0 Å². The van der Waals surface area contributed by atoms with Crippen LogP contribution in [0.4, 0.5) is 0 Å². The van der Waals surface area contributed by atoms with Gasteiger partial charge in [-0.05, 0) is 6.92 Å². The Labute approximate surface area is 59.9 Å². The summed E-state index contributed by atoms with van der Waals surface area (Å²) in [5.41, 5.74) is 0. The van der Waals surface area contributed by atoms with Gasteiger partial charge < -0.3 is 14.9 Å². The van der Waals surface area contributed by atoms with Crippen LogP contribution in [-0.2, 0) is 4.74 Å². The lowest BCUT2D eigenvalue weighted by atomic mass is 10.1. The van der Waals surface area contributed by atoms with Gasteiger partial charge in [-0.1, -0.05) is 6.08 Å². The molecule has 2 N–H and O–H groups in total. The molecule has 1 rings (SSSR count). The fourth-order valence-electron chi connectivity index (χ4n) is 0.933. The summed E-state index contributed by atoms with van der Waals surface area (Å²) in [5, 5.41) is 18.0. The average Bonchev–Trinajstić information content (AvgIpc) is 2.64. The van der Waals surface area contributed by atoms with Gasteiger partial charge in [0.1, 0.15) is 18.3 Å². The summed E-state index contributed by atoms with van der Waals surface area (Å²) in [6.07, 6.45) is -0.169. The van der Waals surface area contributed by atoms with Gasteiger partial charge in [-0.15, -0.1) is 6.58 Å². The van der Waals surface area contributed by atoms with Crippen molar-refractivity contribution in [1.82, 2.24) is 0 Å². The smallest absolute Gasteiger partial charge is 0.116 e. The molecule has 3 nitrogen and oxygen atoms in total. The maximum atomic E-state index is 9.06. The predicted molar refractivity (Wildman–Crippen MR) is 36.5 cm³/mol. The molecule has 0 amide bonds. The third-order valence-electron chi connectivity index (χ3n) is 1.62. The van der Waals surface area contributed by atoms with Crippen LogP contribution in [0.5, 0.6) is 0 Å². The Balaban J connectivity index is 2.31. The number of hydrogen-bond donors (Lipinski definition) is 2. The molecule has 0 aromatic heterocycles. The molecule has 58 valence electrons. The van der Waals surface area contributed by atoms with E-state index in [1.807, 2.05) is 0 Å². The van der Waals surface area contributed by atoms with Crippen LogP contribution in [0.3, 0.4) is 0 Å². The highest BCUT2D eigenvalue weighted by Gasteiger charge is 2.46. The van der Waals surface area contributed by atoms with Gasteiger partial charge in [-0.3, -0.25) is 0 Å². The molecule has 0 aliphatic carbocycles. The molecule has 4 atom stereocenters. The summed E-state index contributed by atoms with van der Waals surface area (Å²) in [5.74, 6) is 0. The summed E-state index contributed by atoms with van der Waals surface area (Å²) in [6, 6.07) is 0. The summed E-state index contributed by atoms with van der Waals surface area (Å²) in [6.45, 7) is 5.04. The number of aliphatic hydroxyl groups is 2. The molecule has 0 bridgehead atoms. The monoisotopic (exact) mass is 144 g/mol. The second-order valence-corrected chi connectivity index (χ2v) is 2.53. The van der Waals surface area contributed by atoms with Gasteiger partial charge in [0.15, 0.2) is 0 Å². The van der Waals surface area contributed by atoms with Crippen molar-refractivity contribution in [3.8, 4) is 0 Å². The lowest BCUT2D eigenvalue weighted by Crippen LogP contribution is -2.19. The van der Waals surface area contributed by atoms with Crippen LogP contribution in [0.1, 0.15) is 6.92 Å². The van der Waals surface area contributed by atoms with Crippen molar-refractivity contribution in [2.75, 3.05) is 0 Å². The van der Waals surface area contributed by atoms with E-state index in [0.29, 0.717) is 0 Å². The van der Waals surface area contributed by atoms with Gasteiger partial charge >= 0.3 is 0 Å². The number of hydrogen-bond acceptors (Lipinski definition) is 3. The Bertz CT molecular complexity index is 133. The number of rotatable bonds is 3. The minimum Gasteiger partial charge on any atom is -0.391 e. The van der Waals surface area contributed by atoms with Crippen molar-refractivity contribution in [1.29, 1.82) is 0 Å². The molecule has 0 radical (unpaired) electrons. The zero-order chi connectivity index (χ0) is 7.72. The first kappa shape index (κ1) is 7.72. The summed E-state index contributed by atoms with van der Waals surface area (Å²) < 4.78 is 4.96. The van der Waals surface area contributed by atoms with E-state index < -0.39 is 12.2 Å². The number of ether oxygens (including phenoxy) is 1. The van der Waals surface area contributed by atoms with E-state index >= 15 is 0 Å². The van der Waals surface area contributed by atoms with E-state index in [0.717, 1.165) is 0 Å². The van der Waals surface area contributed by atoms with Crippen LogP contribution >= 0.6 is 0 Å². The molecule has 1 saturated heterocycles. The molecule has 0 aromatic carbocycles. The van der Waals surface area contributed by atoms with E-state index in [-0.39, 0.29) is 12.2 Å². The number of epoxide rings is 1. The summed E-state index contributed by atoms with van der Waals surface area (Å²) in [7, 11) is 0. The topological polar surface area (TPSA) is 53.0 Å². The van der Waals surface area contributed by atoms with Gasteiger partial charge in [-0.2, -0.15) is 0 Å². The summed E-state index contributed by atoms with van der Waals surface area (Å²) in [4.78, 5) is 0. The van der Waals surface area contributed by atoms with Gasteiger partial charge in [0.2, 0.25) is 0 Å². The lowest BCUT2D eigenvalue weighted by Gasteiger charge is -1.99. The van der Waals surface area contributed by atoms with Crippen molar-refractivity contribution >= 4 is 0 Å². The molecule has 3 heteroatoms. The standard InChI is InChI=1S/C7H12O3/c1-3-5(9)7-6(10-7)4(2)8/h3-9H,1H2,2H3. The molecule has 10 heavy (non-hydrogen) atoms. The second-order valence-electron chi connectivity index (χ2n) is 2.53. The number of aliphatic hydroxyl groups excluding tert-OH is 2. The molecule has 4 unspecified atom stereocenters. The highest BCUT2D eigenvalue weighted by Crippen LogP contribution is 2.28. The maximum absolute atomic E-state index is 9.06. The van der Waals surface area contributed by atoms with Crippen molar-refractivity contribution in [2.45, 2.75) is 31.3 Å². The van der Waals surface area contributed by atoms with E-state index in [4.69, 9.17) is 14.9 Å². The van der Waals surface area contributed by atoms with Crippen molar-refractivity contribution in [3.63, 3.8) is 0 Å². The largest absolute Gasteiger partial charge is 0.391 e. The van der Waals surface area contributed by atoms with Crippen LogP contribution in [0.25, 0.3) is 0 Å². The fourth-order valence-corrected chi connectivity index (χ4v) is 0.933. The highest BCUT2D eigenvalue weighted by atomic mass is 16.6. The van der Waals surface area contributed by atoms with Crippen molar-refractivity contribution < 1.29 is 14.9 Å². The molecule has 1 heterocycles. The first-order valence-corrected chi connectivity index (χ1v) is 3.31. The third kappa shape index (κ3) is 1.37. The van der Waals surface area contributed by atoms with Crippen LogP contribution in [0.2, 0.25) is 0 Å². The van der Waals surface area contributed by atoms with Gasteiger partial charge in [0.25, 0.3) is 0 Å². The first-order valence-electron chi connectivity index (χ1n) is 3.31. The molecular formula is C7H12O3. The van der Waals surface area contributed by atoms with Gasteiger partial charge in [-0.25, -0.2) is 0 Å². The van der Waals surface area contributed by atoms with E-state index in [1.54, 1.807) is 6.92 Å². The summed E-state index contributed by atoms with van der Waals surface area (Å²) >= 11 is 0. The Morgan fingerprint density at radius 1 is 1.50 bits per heavy atom. The fraction of sp³-hybridized carbons (Fsp3) is 0.714. The molecule has 0 saturated carbocycles. The third-order valence-corrected chi connectivity index (χ3v) is 1.62. The average molecular weight is 144 g/mol. The molecule has 1 aliphatic heterocycles. The molecular weight excluding hydrogens is 132 g/mol. The molecule has 1 aliphatic rings. The van der Waals surface area contributed by atoms with E-state index in [9.17, 15) is 0 Å². The van der Waals surface area contributed by atoms with E-state index in [1.165, 1.54) is 6.08 Å². The Kier molecular flexibility index (Phi) is 2.08. The van der Waals surface area contributed by atoms with Crippen molar-refractivity contribution in [2.24, 2.45) is 0 Å². The predicted octanol–water partition coefficient (Wildman–Crippen LogP) is -0.319. The van der Waals surface area contributed by atoms with Crippen molar-refractivity contribution in [3.05, 3.63) is 12.7 Å². The van der Waals surface area contributed by atoms with E-state index in [2.05, 4.69) is 6.58 Å². The Morgan fingerprint density at radius 3 is 2.40 bits per heavy atom. The molecule has 0 spiro atoms. The van der Waals surface area contributed by atoms with Gasteiger partial charge in [0.05, 0.1) is 6.10 Å². The second kappa shape index (κ2) is 2.70.